The number of aromatic nitrogens is 4. The second kappa shape index (κ2) is 8.61. The lowest BCUT2D eigenvalue weighted by Gasteiger charge is -2.25. The lowest BCUT2D eigenvalue weighted by Crippen LogP contribution is -2.15. The molecule has 1 fully saturated rings. The third kappa shape index (κ3) is 3.92. The first-order valence-corrected chi connectivity index (χ1v) is 11.4. The highest BCUT2D eigenvalue weighted by Crippen LogP contribution is 2.36. The minimum atomic E-state index is 0.139. The Hall–Kier alpha value is -2.28. The van der Waals surface area contributed by atoms with Crippen LogP contribution in [0.15, 0.2) is 34.0 Å². The summed E-state index contributed by atoms with van der Waals surface area (Å²) >= 11 is 1.48. The van der Waals surface area contributed by atoms with Crippen LogP contribution in [0.3, 0.4) is 0 Å². The van der Waals surface area contributed by atoms with Crippen LogP contribution in [0.25, 0.3) is 11.6 Å². The molecule has 1 saturated carbocycles. The fraction of sp³-hybridized carbons (Fsp3) is 0.500. The quantitative estimate of drug-likeness (QED) is 0.381. The molecule has 0 radical (unpaired) electrons. The molecule has 3 aromatic rings. The van der Waals surface area contributed by atoms with E-state index in [1.54, 1.807) is 6.26 Å². The molecule has 1 aliphatic carbocycles. The van der Waals surface area contributed by atoms with E-state index in [0.717, 1.165) is 53.1 Å². The van der Waals surface area contributed by atoms with Gasteiger partial charge in [0.15, 0.2) is 16.7 Å². The van der Waals surface area contributed by atoms with E-state index in [9.17, 15) is 4.79 Å². The first-order chi connectivity index (χ1) is 14.1. The zero-order valence-electron chi connectivity index (χ0n) is 17.4. The number of carbonyl (C=O) groups is 1. The predicted molar refractivity (Wildman–Crippen MR) is 114 cm³/mol. The van der Waals surface area contributed by atoms with Crippen LogP contribution in [-0.2, 0) is 6.54 Å². The van der Waals surface area contributed by atoms with Crippen LogP contribution in [0.1, 0.15) is 66.8 Å². The molecule has 6 nitrogen and oxygen atoms in total. The molecular formula is C22H28N4O2S. The Morgan fingerprint density at radius 2 is 2.03 bits per heavy atom. The maximum absolute atomic E-state index is 12.9. The van der Waals surface area contributed by atoms with E-state index >= 15 is 0 Å². The molecule has 0 bridgehead atoms. The molecule has 0 atom stereocenters. The minimum absolute atomic E-state index is 0.139. The van der Waals surface area contributed by atoms with Crippen LogP contribution in [0, 0.1) is 13.8 Å². The predicted octanol–water partition coefficient (Wildman–Crippen LogP) is 5.46. The molecule has 0 spiro atoms. The summed E-state index contributed by atoms with van der Waals surface area (Å²) in [5, 5.41) is 9.66. The molecule has 0 amide bonds. The molecule has 0 aliphatic heterocycles. The summed E-state index contributed by atoms with van der Waals surface area (Å²) in [6, 6.07) is 6.15. The second-order valence-electron chi connectivity index (χ2n) is 7.69. The van der Waals surface area contributed by atoms with Gasteiger partial charge in [0.2, 0.25) is 5.82 Å². The number of ketones is 1. The molecule has 0 N–H and O–H groups in total. The van der Waals surface area contributed by atoms with E-state index in [-0.39, 0.29) is 5.78 Å². The summed E-state index contributed by atoms with van der Waals surface area (Å²) in [7, 11) is 0. The van der Waals surface area contributed by atoms with Gasteiger partial charge in [-0.1, -0.05) is 31.0 Å². The van der Waals surface area contributed by atoms with E-state index in [1.807, 2.05) is 25.1 Å². The highest BCUT2D eigenvalue weighted by Gasteiger charge is 2.26. The van der Waals surface area contributed by atoms with Gasteiger partial charge in [0, 0.05) is 29.5 Å². The number of aryl methyl sites for hydroxylation is 1. The van der Waals surface area contributed by atoms with Gasteiger partial charge in [-0.25, -0.2) is 0 Å². The Kier molecular flexibility index (Phi) is 5.94. The van der Waals surface area contributed by atoms with Gasteiger partial charge >= 0.3 is 0 Å². The van der Waals surface area contributed by atoms with Gasteiger partial charge in [0.1, 0.15) is 0 Å². The Balaban J connectivity index is 1.58. The number of nitrogens with zero attached hydrogens (tertiary/aromatic N) is 4. The van der Waals surface area contributed by atoms with Crippen molar-refractivity contribution in [2.24, 2.45) is 0 Å². The first-order valence-electron chi connectivity index (χ1n) is 10.4. The van der Waals surface area contributed by atoms with Gasteiger partial charge in [-0.15, -0.1) is 10.2 Å². The zero-order valence-corrected chi connectivity index (χ0v) is 18.2. The average molecular weight is 413 g/mol. The molecule has 3 aromatic heterocycles. The summed E-state index contributed by atoms with van der Waals surface area (Å²) in [5.74, 6) is 1.99. The molecule has 4 rings (SSSR count). The van der Waals surface area contributed by atoms with Crippen LogP contribution in [0.4, 0.5) is 0 Å². The molecule has 0 saturated heterocycles. The van der Waals surface area contributed by atoms with Gasteiger partial charge in [-0.2, -0.15) is 0 Å². The minimum Gasteiger partial charge on any atom is -0.461 e. The number of furan rings is 1. The van der Waals surface area contributed by atoms with Crippen molar-refractivity contribution in [3.8, 4) is 11.6 Å². The molecule has 154 valence electrons. The Bertz CT molecular complexity index is 981. The average Bonchev–Trinajstić information content (AvgIpc) is 3.45. The Labute approximate surface area is 175 Å². The lowest BCUT2D eigenvalue weighted by atomic mass is 9.95. The molecule has 0 aromatic carbocycles. The third-order valence-electron chi connectivity index (χ3n) is 5.87. The maximum Gasteiger partial charge on any atom is 0.200 e. The van der Waals surface area contributed by atoms with Gasteiger partial charge in [0.05, 0.1) is 12.0 Å². The van der Waals surface area contributed by atoms with Crippen molar-refractivity contribution in [3.05, 3.63) is 41.4 Å². The van der Waals surface area contributed by atoms with Crippen LogP contribution < -0.4 is 0 Å². The van der Waals surface area contributed by atoms with E-state index in [1.165, 1.54) is 31.0 Å². The van der Waals surface area contributed by atoms with Crippen molar-refractivity contribution in [1.82, 2.24) is 19.3 Å². The summed E-state index contributed by atoms with van der Waals surface area (Å²) in [4.78, 5) is 12.9. The normalized spacial score (nSPS) is 15.1. The number of Topliss-reactive ketones (excluding diaryl/α,β-unsaturated/α-hetero) is 1. The van der Waals surface area contributed by atoms with Gasteiger partial charge in [-0.3, -0.25) is 9.36 Å². The standard InChI is InChI=1S/C22H28N4O2S/c1-4-25-15(2)13-18(16(25)3)19(27)14-29-22-24-23-21(20-11-8-12-28-20)26(22)17-9-6-5-7-10-17/h8,11-13,17H,4-7,9-10,14H2,1-3H3. The zero-order chi connectivity index (χ0) is 20.4. The van der Waals surface area contributed by atoms with Crippen LogP contribution in [-0.4, -0.2) is 30.9 Å². The summed E-state index contributed by atoms with van der Waals surface area (Å²) < 4.78 is 9.98. The third-order valence-corrected chi connectivity index (χ3v) is 6.81. The van der Waals surface area contributed by atoms with Gasteiger partial charge in [-0.05, 0) is 51.8 Å². The molecule has 0 unspecified atom stereocenters. The van der Waals surface area contributed by atoms with Crippen LogP contribution in [0.5, 0.6) is 0 Å². The molecule has 3 heterocycles. The number of hydrogen-bond donors (Lipinski definition) is 0. The van der Waals surface area contributed by atoms with E-state index < -0.39 is 0 Å². The van der Waals surface area contributed by atoms with Crippen molar-refractivity contribution in [2.75, 3.05) is 5.75 Å². The topological polar surface area (TPSA) is 65.8 Å². The van der Waals surface area contributed by atoms with Crippen LogP contribution >= 0.6 is 11.8 Å². The monoisotopic (exact) mass is 412 g/mol. The highest BCUT2D eigenvalue weighted by molar-refractivity contribution is 7.99. The molecular weight excluding hydrogens is 384 g/mol. The van der Waals surface area contributed by atoms with Crippen molar-refractivity contribution in [2.45, 2.75) is 70.6 Å². The number of rotatable bonds is 7. The lowest BCUT2D eigenvalue weighted by molar-refractivity contribution is 0.102. The van der Waals surface area contributed by atoms with Gasteiger partial charge in [0.25, 0.3) is 0 Å². The molecule has 1 aliphatic rings. The molecule has 29 heavy (non-hydrogen) atoms. The van der Waals surface area contributed by atoms with E-state index in [0.29, 0.717) is 11.8 Å². The van der Waals surface area contributed by atoms with E-state index in [2.05, 4.69) is 33.2 Å². The van der Waals surface area contributed by atoms with Gasteiger partial charge < -0.3 is 8.98 Å². The van der Waals surface area contributed by atoms with Crippen molar-refractivity contribution >= 4 is 17.5 Å². The SMILES string of the molecule is CCn1c(C)cc(C(=O)CSc2nnc(-c3ccco3)n2C2CCCCC2)c1C. The second-order valence-corrected chi connectivity index (χ2v) is 8.63. The highest BCUT2D eigenvalue weighted by atomic mass is 32.2. The first kappa shape index (κ1) is 20.0. The summed E-state index contributed by atoms with van der Waals surface area (Å²) in [6.45, 7) is 7.05. The maximum atomic E-state index is 12.9. The van der Waals surface area contributed by atoms with Crippen molar-refractivity contribution < 1.29 is 9.21 Å². The van der Waals surface area contributed by atoms with Crippen molar-refractivity contribution in [3.63, 3.8) is 0 Å². The smallest absolute Gasteiger partial charge is 0.200 e. The van der Waals surface area contributed by atoms with Crippen molar-refractivity contribution in [1.29, 1.82) is 0 Å². The van der Waals surface area contributed by atoms with E-state index in [4.69, 9.17) is 4.42 Å². The number of hydrogen-bond acceptors (Lipinski definition) is 5. The number of carbonyl (C=O) groups excluding carboxylic acids is 1. The van der Waals surface area contributed by atoms with Crippen LogP contribution in [0.2, 0.25) is 0 Å². The molecule has 7 heteroatoms. The fourth-order valence-electron chi connectivity index (χ4n) is 4.40. The summed E-state index contributed by atoms with van der Waals surface area (Å²) in [6.07, 6.45) is 7.60. The Morgan fingerprint density at radius 1 is 1.24 bits per heavy atom. The number of thioether (sulfide) groups is 1. The summed E-state index contributed by atoms with van der Waals surface area (Å²) in [5.41, 5.74) is 2.98. The fourth-order valence-corrected chi connectivity index (χ4v) is 5.28. The largest absolute Gasteiger partial charge is 0.461 e. The Morgan fingerprint density at radius 3 is 2.69 bits per heavy atom.